The number of halogens is 2. The monoisotopic (exact) mass is 393 g/mol. The summed E-state index contributed by atoms with van der Waals surface area (Å²) in [5.74, 6) is 1.38. The zero-order valence-electron chi connectivity index (χ0n) is 15.2. The minimum absolute atomic E-state index is 0.130. The van der Waals surface area contributed by atoms with E-state index < -0.39 is 0 Å². The van der Waals surface area contributed by atoms with Gasteiger partial charge in [0.1, 0.15) is 5.84 Å². The van der Waals surface area contributed by atoms with Crippen molar-refractivity contribution in [3.8, 4) is 0 Å². The standard InChI is InChI=1S/C20H25Cl2N3O/c1-12-10-16(14-4-3-5-15(21)17(14)22)24-19(12)25-8-6-20(7-9-25)11-26-13(2)18(20)23/h3-5,10,12-13,18H,6-9,11,23H2,1-2H3. The maximum atomic E-state index is 6.43. The number of hydrogen-bond donors (Lipinski definition) is 1. The quantitative estimate of drug-likeness (QED) is 0.776. The molecule has 4 nitrogen and oxygen atoms in total. The summed E-state index contributed by atoms with van der Waals surface area (Å²) in [6, 6.07) is 5.82. The summed E-state index contributed by atoms with van der Waals surface area (Å²) >= 11 is 12.5. The lowest BCUT2D eigenvalue weighted by Crippen LogP contribution is -2.52. The average Bonchev–Trinajstić information content (AvgIpc) is 3.14. The summed E-state index contributed by atoms with van der Waals surface area (Å²) in [5.41, 5.74) is 8.37. The van der Waals surface area contributed by atoms with Crippen LogP contribution in [0, 0.1) is 11.3 Å². The molecule has 2 fully saturated rings. The van der Waals surface area contributed by atoms with Crippen molar-refractivity contribution < 1.29 is 4.74 Å². The summed E-state index contributed by atoms with van der Waals surface area (Å²) in [4.78, 5) is 7.31. The topological polar surface area (TPSA) is 50.8 Å². The molecule has 0 radical (unpaired) electrons. The van der Waals surface area contributed by atoms with Crippen molar-refractivity contribution in [2.75, 3.05) is 19.7 Å². The molecule has 3 atom stereocenters. The highest BCUT2D eigenvalue weighted by Crippen LogP contribution is 2.42. The fourth-order valence-electron chi connectivity index (χ4n) is 4.44. The van der Waals surface area contributed by atoms with E-state index in [1.165, 1.54) is 0 Å². The molecule has 1 aromatic carbocycles. The fourth-order valence-corrected chi connectivity index (χ4v) is 4.84. The number of nitrogens with zero attached hydrogens (tertiary/aromatic N) is 2. The first-order valence-corrected chi connectivity index (χ1v) is 10.0. The molecule has 0 saturated carbocycles. The third-order valence-corrected chi connectivity index (χ3v) is 7.03. The fraction of sp³-hybridized carbons (Fsp3) is 0.550. The van der Waals surface area contributed by atoms with Crippen molar-refractivity contribution in [3.63, 3.8) is 0 Å². The van der Waals surface area contributed by atoms with Gasteiger partial charge in [-0.2, -0.15) is 0 Å². The Hall–Kier alpha value is -1.07. The van der Waals surface area contributed by atoms with Crippen LogP contribution in [0.2, 0.25) is 10.0 Å². The van der Waals surface area contributed by atoms with Gasteiger partial charge in [-0.25, -0.2) is 4.99 Å². The van der Waals surface area contributed by atoms with Crippen LogP contribution in [-0.2, 0) is 4.74 Å². The van der Waals surface area contributed by atoms with Crippen LogP contribution < -0.4 is 5.73 Å². The van der Waals surface area contributed by atoms with Crippen LogP contribution in [0.3, 0.4) is 0 Å². The third-order valence-electron chi connectivity index (χ3n) is 6.21. The van der Waals surface area contributed by atoms with E-state index in [0.717, 1.165) is 49.6 Å². The minimum atomic E-state index is 0.130. The molecule has 3 unspecified atom stereocenters. The van der Waals surface area contributed by atoms with Gasteiger partial charge in [0.05, 0.1) is 28.5 Å². The van der Waals surface area contributed by atoms with E-state index in [1.807, 2.05) is 12.1 Å². The van der Waals surface area contributed by atoms with Crippen LogP contribution in [0.1, 0.15) is 32.3 Å². The number of amidine groups is 1. The molecule has 1 spiro atoms. The predicted molar refractivity (Wildman–Crippen MR) is 108 cm³/mol. The Kier molecular flexibility index (Phi) is 4.81. The SMILES string of the molecule is CC1C=C(c2cccc(Cl)c2Cl)N=C1N1CCC2(CC1)COC(C)C2N. The Morgan fingerprint density at radius 3 is 2.62 bits per heavy atom. The molecule has 1 aromatic rings. The highest BCUT2D eigenvalue weighted by Gasteiger charge is 2.48. The molecular weight excluding hydrogens is 369 g/mol. The first-order chi connectivity index (χ1) is 12.4. The molecule has 3 aliphatic rings. The number of aliphatic imine (C=N–C) groups is 1. The summed E-state index contributed by atoms with van der Waals surface area (Å²) in [7, 11) is 0. The Balaban J connectivity index is 1.51. The molecule has 4 rings (SSSR count). The van der Waals surface area contributed by atoms with E-state index in [2.05, 4.69) is 24.8 Å². The number of piperidine rings is 1. The number of rotatable bonds is 1. The molecular formula is C20H25Cl2N3O. The van der Waals surface area contributed by atoms with Gasteiger partial charge in [-0.05, 0) is 31.9 Å². The Morgan fingerprint density at radius 2 is 1.96 bits per heavy atom. The minimum Gasteiger partial charge on any atom is -0.376 e. The molecule has 2 saturated heterocycles. The van der Waals surface area contributed by atoms with Gasteiger partial charge in [0.15, 0.2) is 0 Å². The molecule has 0 aromatic heterocycles. The van der Waals surface area contributed by atoms with Crippen molar-refractivity contribution in [1.82, 2.24) is 4.90 Å². The number of ether oxygens (including phenoxy) is 1. The molecule has 0 aliphatic carbocycles. The molecule has 6 heteroatoms. The van der Waals surface area contributed by atoms with E-state index in [1.54, 1.807) is 6.07 Å². The van der Waals surface area contributed by atoms with E-state index >= 15 is 0 Å². The Bertz CT molecular complexity index is 768. The first kappa shape index (κ1) is 18.3. The second kappa shape index (κ2) is 6.83. The van der Waals surface area contributed by atoms with E-state index in [4.69, 9.17) is 38.7 Å². The normalized spacial score (nSPS) is 30.7. The average molecular weight is 394 g/mol. The zero-order chi connectivity index (χ0) is 18.5. The molecule has 26 heavy (non-hydrogen) atoms. The van der Waals surface area contributed by atoms with Gasteiger partial charge < -0.3 is 15.4 Å². The molecule has 0 amide bonds. The van der Waals surface area contributed by atoms with Gasteiger partial charge in [-0.1, -0.05) is 42.3 Å². The van der Waals surface area contributed by atoms with Gasteiger partial charge in [0, 0.05) is 36.0 Å². The van der Waals surface area contributed by atoms with Crippen molar-refractivity contribution in [2.45, 2.75) is 38.8 Å². The predicted octanol–water partition coefficient (Wildman–Crippen LogP) is 4.21. The lowest BCUT2D eigenvalue weighted by molar-refractivity contribution is 0.0834. The van der Waals surface area contributed by atoms with Crippen molar-refractivity contribution >= 4 is 34.7 Å². The van der Waals surface area contributed by atoms with Crippen LogP contribution >= 0.6 is 23.2 Å². The number of likely N-dealkylation sites (tertiary alicyclic amines) is 1. The van der Waals surface area contributed by atoms with Gasteiger partial charge in [-0.3, -0.25) is 0 Å². The number of nitrogens with two attached hydrogens (primary N) is 1. The van der Waals surface area contributed by atoms with Crippen LogP contribution in [-0.4, -0.2) is 42.6 Å². The van der Waals surface area contributed by atoms with Crippen LogP contribution in [0.5, 0.6) is 0 Å². The van der Waals surface area contributed by atoms with Crippen LogP contribution in [0.15, 0.2) is 29.3 Å². The van der Waals surface area contributed by atoms with Crippen molar-refractivity contribution in [2.24, 2.45) is 22.1 Å². The van der Waals surface area contributed by atoms with Crippen LogP contribution in [0.25, 0.3) is 5.70 Å². The molecule has 140 valence electrons. The maximum Gasteiger partial charge on any atom is 0.112 e. The third kappa shape index (κ3) is 2.97. The second-order valence-electron chi connectivity index (χ2n) is 7.80. The lowest BCUT2D eigenvalue weighted by atomic mass is 9.73. The van der Waals surface area contributed by atoms with E-state index in [-0.39, 0.29) is 23.5 Å². The molecule has 0 bridgehead atoms. The maximum absolute atomic E-state index is 6.43. The second-order valence-corrected chi connectivity index (χ2v) is 8.59. The van der Waals surface area contributed by atoms with Crippen LogP contribution in [0.4, 0.5) is 0 Å². The van der Waals surface area contributed by atoms with Gasteiger partial charge >= 0.3 is 0 Å². The largest absolute Gasteiger partial charge is 0.376 e. The number of benzene rings is 1. The van der Waals surface area contributed by atoms with E-state index in [0.29, 0.717) is 10.0 Å². The van der Waals surface area contributed by atoms with Gasteiger partial charge in [0.25, 0.3) is 0 Å². The van der Waals surface area contributed by atoms with Crippen molar-refractivity contribution in [1.29, 1.82) is 0 Å². The molecule has 3 heterocycles. The smallest absolute Gasteiger partial charge is 0.112 e. The summed E-state index contributed by atoms with van der Waals surface area (Å²) < 4.78 is 5.83. The number of hydrogen-bond acceptors (Lipinski definition) is 4. The Labute approximate surface area is 165 Å². The van der Waals surface area contributed by atoms with E-state index in [9.17, 15) is 0 Å². The van der Waals surface area contributed by atoms with Crippen molar-refractivity contribution in [3.05, 3.63) is 39.9 Å². The Morgan fingerprint density at radius 1 is 1.23 bits per heavy atom. The highest BCUT2D eigenvalue weighted by atomic mass is 35.5. The summed E-state index contributed by atoms with van der Waals surface area (Å²) in [6.45, 7) is 6.99. The summed E-state index contributed by atoms with van der Waals surface area (Å²) in [5, 5.41) is 1.13. The zero-order valence-corrected chi connectivity index (χ0v) is 16.7. The summed E-state index contributed by atoms with van der Waals surface area (Å²) in [6.07, 6.45) is 4.43. The van der Waals surface area contributed by atoms with Gasteiger partial charge in [-0.15, -0.1) is 0 Å². The lowest BCUT2D eigenvalue weighted by Gasteiger charge is -2.42. The van der Waals surface area contributed by atoms with Gasteiger partial charge in [0.2, 0.25) is 0 Å². The highest BCUT2D eigenvalue weighted by molar-refractivity contribution is 6.43. The molecule has 2 N–H and O–H groups in total. The molecule has 3 aliphatic heterocycles. The first-order valence-electron chi connectivity index (χ1n) is 9.28.